The maximum Gasteiger partial charge on any atom is 0.256 e. The fourth-order valence-electron chi connectivity index (χ4n) is 3.65. The summed E-state index contributed by atoms with van der Waals surface area (Å²) in [4.78, 5) is 31.8. The monoisotopic (exact) mass is 494 g/mol. The van der Waals surface area contributed by atoms with Crippen molar-refractivity contribution in [1.82, 2.24) is 0 Å². The van der Waals surface area contributed by atoms with Gasteiger partial charge in [-0.2, -0.15) is 5.26 Å². The third kappa shape index (κ3) is 5.01. The summed E-state index contributed by atoms with van der Waals surface area (Å²) in [5.74, 6) is -0.390. The number of rotatable bonds is 5. The average molecular weight is 495 g/mol. The van der Waals surface area contributed by atoms with Crippen LogP contribution >= 0.6 is 23.1 Å². The summed E-state index contributed by atoms with van der Waals surface area (Å²) in [6.45, 7) is 0. The highest BCUT2D eigenvalue weighted by Gasteiger charge is 2.19. The van der Waals surface area contributed by atoms with Crippen LogP contribution in [0.3, 0.4) is 0 Å². The second-order valence-electron chi connectivity index (χ2n) is 7.70. The third-order valence-electron chi connectivity index (χ3n) is 5.31. The fourth-order valence-corrected chi connectivity index (χ4v) is 5.37. The van der Waals surface area contributed by atoms with Crippen molar-refractivity contribution < 1.29 is 9.59 Å². The number of benzene rings is 3. The zero-order valence-electron chi connectivity index (χ0n) is 18.3. The number of nitriles is 1. The average Bonchev–Trinajstić information content (AvgIpc) is 3.23. The zero-order valence-corrected chi connectivity index (χ0v) is 20.0. The molecule has 2 heterocycles. The number of nitrogens with one attached hydrogen (secondary N) is 2. The minimum Gasteiger partial charge on any atom is -0.323 e. The van der Waals surface area contributed by atoms with Crippen LogP contribution in [0, 0.1) is 11.3 Å². The summed E-state index contributed by atoms with van der Waals surface area (Å²) in [6.07, 6.45) is 0.147. The van der Waals surface area contributed by atoms with Gasteiger partial charge in [0.05, 0.1) is 34.6 Å². The molecule has 170 valence electrons. The standard InChI is InChI=1S/C27H18N4O2S2/c28-14-18-6-1-3-10-24(18)35-25-11-4-2-9-20(25)27(33)29-19-8-5-7-17(12-19)21-13-26(32)31-23-16-34-15-22(23)30-21/h1-12,15-16H,13H2,(H,29,33)(H,31,32). The summed E-state index contributed by atoms with van der Waals surface area (Å²) in [5, 5.41) is 19.0. The molecule has 1 aromatic heterocycles. The Morgan fingerprint density at radius 1 is 1.03 bits per heavy atom. The van der Waals surface area contributed by atoms with Gasteiger partial charge in [0.15, 0.2) is 0 Å². The van der Waals surface area contributed by atoms with Gasteiger partial charge in [-0.3, -0.25) is 9.59 Å². The molecule has 0 unspecified atom stereocenters. The molecule has 0 aliphatic carbocycles. The topological polar surface area (TPSA) is 94.3 Å². The van der Waals surface area contributed by atoms with Crippen molar-refractivity contribution in [3.63, 3.8) is 0 Å². The highest BCUT2D eigenvalue weighted by molar-refractivity contribution is 7.99. The molecular formula is C27H18N4O2S2. The molecule has 3 aromatic carbocycles. The summed E-state index contributed by atoms with van der Waals surface area (Å²) < 4.78 is 0. The summed E-state index contributed by atoms with van der Waals surface area (Å²) >= 11 is 2.86. The molecule has 0 atom stereocenters. The van der Waals surface area contributed by atoms with Gasteiger partial charge in [-0.25, -0.2) is 4.99 Å². The van der Waals surface area contributed by atoms with E-state index >= 15 is 0 Å². The molecule has 2 N–H and O–H groups in total. The van der Waals surface area contributed by atoms with Crippen LogP contribution in [0.15, 0.2) is 98.3 Å². The van der Waals surface area contributed by atoms with Gasteiger partial charge in [0.1, 0.15) is 6.07 Å². The van der Waals surface area contributed by atoms with E-state index in [9.17, 15) is 14.9 Å². The van der Waals surface area contributed by atoms with Gasteiger partial charge in [0.25, 0.3) is 5.91 Å². The van der Waals surface area contributed by atoms with E-state index in [1.54, 1.807) is 18.2 Å². The molecule has 0 saturated heterocycles. The molecule has 35 heavy (non-hydrogen) atoms. The lowest BCUT2D eigenvalue weighted by Gasteiger charge is -2.12. The highest BCUT2D eigenvalue weighted by Crippen LogP contribution is 2.34. The Bertz CT molecular complexity index is 1520. The molecule has 0 bridgehead atoms. The predicted octanol–water partition coefficient (Wildman–Crippen LogP) is 6.49. The number of anilines is 2. The molecule has 4 aromatic rings. The summed E-state index contributed by atoms with van der Waals surface area (Å²) in [7, 11) is 0. The first kappa shape index (κ1) is 22.6. The Balaban J connectivity index is 1.40. The normalized spacial score (nSPS) is 12.5. The van der Waals surface area contributed by atoms with E-state index in [0.717, 1.165) is 21.0 Å². The molecular weight excluding hydrogens is 476 g/mol. The quantitative estimate of drug-likeness (QED) is 0.332. The molecule has 6 nitrogen and oxygen atoms in total. The number of fused-ring (bicyclic) bond motifs is 1. The third-order valence-corrected chi connectivity index (χ3v) is 7.19. The van der Waals surface area contributed by atoms with E-state index < -0.39 is 0 Å². The van der Waals surface area contributed by atoms with Crippen LogP contribution in [0.4, 0.5) is 17.1 Å². The smallest absolute Gasteiger partial charge is 0.256 e. The second kappa shape index (κ2) is 9.97. The van der Waals surface area contributed by atoms with Crippen molar-refractivity contribution in [3.8, 4) is 6.07 Å². The number of hydrogen-bond acceptors (Lipinski definition) is 6. The van der Waals surface area contributed by atoms with E-state index in [1.165, 1.54) is 23.1 Å². The summed E-state index contributed by atoms with van der Waals surface area (Å²) in [5.41, 5.74) is 4.51. The second-order valence-corrected chi connectivity index (χ2v) is 9.52. The number of nitrogens with zero attached hydrogens (tertiary/aromatic N) is 2. The SMILES string of the molecule is N#Cc1ccccc1Sc1ccccc1C(=O)Nc1cccc(C2=Nc3cscc3NC(=O)C2)c1. The van der Waals surface area contributed by atoms with Crippen molar-refractivity contribution in [2.24, 2.45) is 4.99 Å². The van der Waals surface area contributed by atoms with Crippen LogP contribution in [-0.2, 0) is 4.79 Å². The largest absolute Gasteiger partial charge is 0.323 e. The molecule has 0 spiro atoms. The minimum absolute atomic E-state index is 0.126. The number of thiophene rings is 1. The van der Waals surface area contributed by atoms with E-state index in [-0.39, 0.29) is 18.2 Å². The molecule has 0 fully saturated rings. The van der Waals surface area contributed by atoms with Gasteiger partial charge in [-0.15, -0.1) is 11.3 Å². The molecule has 1 aliphatic heterocycles. The number of carbonyl (C=O) groups is 2. The Hall–Kier alpha value is -4.19. The lowest BCUT2D eigenvalue weighted by molar-refractivity contribution is -0.115. The van der Waals surface area contributed by atoms with Gasteiger partial charge >= 0.3 is 0 Å². The van der Waals surface area contributed by atoms with E-state index in [2.05, 4.69) is 21.7 Å². The number of aliphatic imine (C=N–C) groups is 1. The Labute approximate surface area is 210 Å². The Kier molecular flexibility index (Phi) is 6.44. The first-order valence-electron chi connectivity index (χ1n) is 10.7. The molecule has 0 saturated carbocycles. The number of hydrogen-bond donors (Lipinski definition) is 2. The lowest BCUT2D eigenvalue weighted by Crippen LogP contribution is -2.16. The van der Waals surface area contributed by atoms with Gasteiger partial charge in [0, 0.05) is 26.2 Å². The predicted molar refractivity (Wildman–Crippen MR) is 140 cm³/mol. The van der Waals surface area contributed by atoms with Crippen molar-refractivity contribution in [2.45, 2.75) is 16.2 Å². The van der Waals surface area contributed by atoms with Crippen LogP contribution in [0.5, 0.6) is 0 Å². The fraction of sp³-hybridized carbons (Fsp3) is 0.0370. The van der Waals surface area contributed by atoms with Gasteiger partial charge < -0.3 is 10.6 Å². The van der Waals surface area contributed by atoms with Crippen molar-refractivity contribution >= 4 is 57.7 Å². The van der Waals surface area contributed by atoms with Crippen LogP contribution in [-0.4, -0.2) is 17.5 Å². The van der Waals surface area contributed by atoms with E-state index in [4.69, 9.17) is 0 Å². The van der Waals surface area contributed by atoms with Crippen molar-refractivity contribution in [2.75, 3.05) is 10.6 Å². The Morgan fingerprint density at radius 2 is 1.83 bits per heavy atom. The van der Waals surface area contributed by atoms with Crippen LogP contribution in [0.1, 0.15) is 27.9 Å². The molecule has 5 rings (SSSR count). The first-order chi connectivity index (χ1) is 17.1. The molecule has 0 radical (unpaired) electrons. The highest BCUT2D eigenvalue weighted by atomic mass is 32.2. The van der Waals surface area contributed by atoms with Crippen LogP contribution in [0.2, 0.25) is 0 Å². The van der Waals surface area contributed by atoms with E-state index in [0.29, 0.717) is 28.2 Å². The first-order valence-corrected chi connectivity index (χ1v) is 12.5. The summed E-state index contributed by atoms with van der Waals surface area (Å²) in [6, 6.07) is 24.1. The zero-order chi connectivity index (χ0) is 24.2. The van der Waals surface area contributed by atoms with Gasteiger partial charge in [-0.05, 0) is 42.0 Å². The van der Waals surface area contributed by atoms with Crippen molar-refractivity contribution in [1.29, 1.82) is 5.26 Å². The van der Waals surface area contributed by atoms with Gasteiger partial charge in [-0.1, -0.05) is 48.2 Å². The lowest BCUT2D eigenvalue weighted by atomic mass is 10.1. The number of amides is 2. The molecule has 1 aliphatic rings. The minimum atomic E-state index is -0.264. The van der Waals surface area contributed by atoms with Crippen LogP contribution in [0.25, 0.3) is 0 Å². The van der Waals surface area contributed by atoms with Gasteiger partial charge in [0.2, 0.25) is 5.91 Å². The maximum absolute atomic E-state index is 13.2. The molecule has 8 heteroatoms. The van der Waals surface area contributed by atoms with Crippen molar-refractivity contribution in [3.05, 3.63) is 100 Å². The maximum atomic E-state index is 13.2. The number of carbonyl (C=O) groups excluding carboxylic acids is 2. The molecule has 2 amide bonds. The van der Waals surface area contributed by atoms with Crippen LogP contribution < -0.4 is 10.6 Å². The van der Waals surface area contributed by atoms with E-state index in [1.807, 2.05) is 65.4 Å². The Morgan fingerprint density at radius 3 is 2.69 bits per heavy atom.